The van der Waals surface area contributed by atoms with Crippen molar-refractivity contribution in [1.29, 1.82) is 0 Å². The van der Waals surface area contributed by atoms with E-state index in [-0.39, 0.29) is 17.9 Å². The minimum Gasteiger partial charge on any atom is -0.352 e. The van der Waals surface area contributed by atoms with Gasteiger partial charge in [-0.2, -0.15) is 5.53 Å². The first kappa shape index (κ1) is 18.0. The molecule has 0 radical (unpaired) electrons. The molecule has 3 aliphatic heterocycles. The van der Waals surface area contributed by atoms with E-state index in [1.165, 1.54) is 5.56 Å². The molecule has 2 saturated heterocycles. The Morgan fingerprint density at radius 3 is 2.70 bits per heavy atom. The van der Waals surface area contributed by atoms with Gasteiger partial charge in [0.15, 0.2) is 6.04 Å². The molecule has 0 saturated carbocycles. The van der Waals surface area contributed by atoms with Gasteiger partial charge in [0, 0.05) is 37.6 Å². The van der Waals surface area contributed by atoms with E-state index >= 15 is 0 Å². The van der Waals surface area contributed by atoms with Gasteiger partial charge in [-0.1, -0.05) is 30.3 Å². The summed E-state index contributed by atoms with van der Waals surface area (Å²) < 4.78 is 0. The van der Waals surface area contributed by atoms with E-state index in [1.807, 2.05) is 13.0 Å². The van der Waals surface area contributed by atoms with Crippen LogP contribution in [0.1, 0.15) is 25.3 Å². The molecule has 2 atom stereocenters. The van der Waals surface area contributed by atoms with Crippen LogP contribution < -0.4 is 21.6 Å². The van der Waals surface area contributed by atoms with Gasteiger partial charge in [-0.15, -0.1) is 0 Å². The predicted octanol–water partition coefficient (Wildman–Crippen LogP) is -0.180. The lowest BCUT2D eigenvalue weighted by Gasteiger charge is -2.33. The van der Waals surface area contributed by atoms with Crippen molar-refractivity contribution in [3.8, 4) is 0 Å². The average Bonchev–Trinajstić information content (AvgIpc) is 3.08. The summed E-state index contributed by atoms with van der Waals surface area (Å²) in [5, 5.41) is 7.55. The van der Waals surface area contributed by atoms with Gasteiger partial charge in [0.25, 0.3) is 5.91 Å². The second-order valence-corrected chi connectivity index (χ2v) is 7.43. The lowest BCUT2D eigenvalue weighted by Crippen LogP contribution is -2.57. The number of hydrogen-bond donors (Lipinski definition) is 4. The highest BCUT2D eigenvalue weighted by molar-refractivity contribution is 5.94. The molecule has 0 bridgehead atoms. The Balaban J connectivity index is 1.28. The molecule has 3 heterocycles. The molecule has 0 spiro atoms. The Labute approximate surface area is 158 Å². The minimum atomic E-state index is -0.614. The molecule has 8 nitrogen and oxygen atoms in total. The highest BCUT2D eigenvalue weighted by Gasteiger charge is 2.44. The molecule has 4 N–H and O–H groups in total. The highest BCUT2D eigenvalue weighted by Crippen LogP contribution is 2.17. The fraction of sp³-hybridized carbons (Fsp3) is 0.474. The summed E-state index contributed by atoms with van der Waals surface area (Å²) in [6.07, 6.45) is 3.62. The van der Waals surface area contributed by atoms with Crippen LogP contribution in [0.25, 0.3) is 0 Å². The van der Waals surface area contributed by atoms with Crippen molar-refractivity contribution in [1.82, 2.24) is 31.5 Å². The molecule has 8 heteroatoms. The van der Waals surface area contributed by atoms with Crippen LogP contribution in [0.4, 0.5) is 0 Å². The largest absolute Gasteiger partial charge is 0.352 e. The van der Waals surface area contributed by atoms with E-state index in [0.717, 1.165) is 38.2 Å². The maximum Gasteiger partial charge on any atom is 0.250 e. The van der Waals surface area contributed by atoms with Crippen LogP contribution in [0.2, 0.25) is 0 Å². The number of carbonyl (C=O) groups is 2. The summed E-state index contributed by atoms with van der Waals surface area (Å²) in [5.74, 6) is -0.315. The zero-order valence-electron chi connectivity index (χ0n) is 15.4. The first-order valence-electron chi connectivity index (χ1n) is 9.45. The van der Waals surface area contributed by atoms with Gasteiger partial charge in [-0.05, 0) is 25.3 Å². The molecule has 27 heavy (non-hydrogen) atoms. The van der Waals surface area contributed by atoms with Crippen LogP contribution in [0, 0.1) is 0 Å². The third-order valence-electron chi connectivity index (χ3n) is 5.35. The molecule has 1 aromatic rings. The van der Waals surface area contributed by atoms with E-state index in [1.54, 1.807) is 11.2 Å². The summed E-state index contributed by atoms with van der Waals surface area (Å²) in [6.45, 7) is 4.66. The number of amides is 2. The second kappa shape index (κ2) is 7.67. The van der Waals surface area contributed by atoms with Gasteiger partial charge < -0.3 is 10.6 Å². The third-order valence-corrected chi connectivity index (χ3v) is 5.35. The lowest BCUT2D eigenvalue weighted by molar-refractivity contribution is -0.131. The maximum atomic E-state index is 12.7. The molecule has 2 fully saturated rings. The summed E-state index contributed by atoms with van der Waals surface area (Å²) in [5.41, 5.74) is 7.89. The second-order valence-electron chi connectivity index (χ2n) is 7.43. The standard InChI is InChI=1S/C19H26N6O2/c1-13-11-25-17(19(27)20-13)16(22-23-25)18(26)21-15-7-9-24(10-8-15)12-14-5-3-2-4-6-14/h2-6,11,15-17,22-23H,7-10,12H2,1H3,(H,20,27)(H,21,26). The lowest BCUT2D eigenvalue weighted by atomic mass is 10.0. The Kier molecular flexibility index (Phi) is 5.11. The van der Waals surface area contributed by atoms with Gasteiger partial charge >= 0.3 is 0 Å². The first-order valence-corrected chi connectivity index (χ1v) is 9.45. The van der Waals surface area contributed by atoms with Crippen molar-refractivity contribution >= 4 is 11.8 Å². The molecular formula is C19H26N6O2. The van der Waals surface area contributed by atoms with Crippen molar-refractivity contribution in [3.05, 3.63) is 47.8 Å². The van der Waals surface area contributed by atoms with Crippen molar-refractivity contribution in [2.45, 2.75) is 44.4 Å². The molecule has 1 aromatic carbocycles. The van der Waals surface area contributed by atoms with Crippen molar-refractivity contribution in [2.24, 2.45) is 0 Å². The fourth-order valence-electron chi connectivity index (χ4n) is 3.93. The number of likely N-dealkylation sites (tertiary alicyclic amines) is 1. The third kappa shape index (κ3) is 3.97. The van der Waals surface area contributed by atoms with E-state index in [9.17, 15) is 9.59 Å². The molecule has 144 valence electrons. The summed E-state index contributed by atoms with van der Waals surface area (Å²) in [4.78, 5) is 27.4. The quantitative estimate of drug-likeness (QED) is 0.588. The Morgan fingerprint density at radius 2 is 1.96 bits per heavy atom. The fourth-order valence-corrected chi connectivity index (χ4v) is 3.93. The van der Waals surface area contributed by atoms with E-state index in [4.69, 9.17) is 0 Å². The zero-order valence-corrected chi connectivity index (χ0v) is 15.4. The smallest absolute Gasteiger partial charge is 0.250 e. The number of fused-ring (bicyclic) bond motifs is 1. The van der Waals surface area contributed by atoms with Gasteiger partial charge in [-0.3, -0.25) is 19.5 Å². The molecule has 0 aliphatic carbocycles. The van der Waals surface area contributed by atoms with Crippen LogP contribution in [0.15, 0.2) is 42.2 Å². The summed E-state index contributed by atoms with van der Waals surface area (Å²) in [7, 11) is 0. The molecule has 0 aromatic heterocycles. The SMILES string of the molecule is CC1=CN2NNC(C(=O)NC3CCN(Cc4ccccc4)CC3)C2C(=O)N1. The average molecular weight is 370 g/mol. The molecule has 2 unspecified atom stereocenters. The normalized spacial score (nSPS) is 26.3. The first-order chi connectivity index (χ1) is 13.1. The molecule has 4 rings (SSSR count). The van der Waals surface area contributed by atoms with E-state index in [2.05, 4.69) is 50.8 Å². The van der Waals surface area contributed by atoms with Crippen LogP contribution in [0.5, 0.6) is 0 Å². The van der Waals surface area contributed by atoms with Crippen molar-refractivity contribution in [2.75, 3.05) is 13.1 Å². The Morgan fingerprint density at radius 1 is 1.22 bits per heavy atom. The van der Waals surface area contributed by atoms with Crippen LogP contribution in [0.3, 0.4) is 0 Å². The van der Waals surface area contributed by atoms with Crippen LogP contribution in [-0.4, -0.2) is 52.9 Å². The molecular weight excluding hydrogens is 344 g/mol. The summed E-state index contributed by atoms with van der Waals surface area (Å²) >= 11 is 0. The number of nitrogens with zero attached hydrogens (tertiary/aromatic N) is 2. The minimum absolute atomic E-state index is 0.139. The van der Waals surface area contributed by atoms with Crippen molar-refractivity contribution in [3.63, 3.8) is 0 Å². The molecule has 2 amide bonds. The number of nitrogens with one attached hydrogen (secondary N) is 4. The summed E-state index contributed by atoms with van der Waals surface area (Å²) in [6, 6.07) is 9.39. The molecule has 3 aliphatic rings. The number of rotatable bonds is 4. The number of benzene rings is 1. The van der Waals surface area contributed by atoms with E-state index in [0.29, 0.717) is 0 Å². The number of piperidine rings is 1. The maximum absolute atomic E-state index is 12.7. The number of allylic oxidation sites excluding steroid dienone is 1. The number of carbonyl (C=O) groups excluding carboxylic acids is 2. The van der Waals surface area contributed by atoms with Gasteiger partial charge in [0.2, 0.25) is 5.91 Å². The Hall–Kier alpha value is -2.42. The number of hydrogen-bond acceptors (Lipinski definition) is 6. The van der Waals surface area contributed by atoms with Crippen molar-refractivity contribution < 1.29 is 9.59 Å². The van der Waals surface area contributed by atoms with Crippen LogP contribution >= 0.6 is 0 Å². The monoisotopic (exact) mass is 370 g/mol. The van der Waals surface area contributed by atoms with Gasteiger partial charge in [0.1, 0.15) is 6.04 Å². The predicted molar refractivity (Wildman–Crippen MR) is 100 cm³/mol. The Bertz CT molecular complexity index is 729. The number of hydrazine groups is 2. The zero-order chi connectivity index (χ0) is 18.8. The van der Waals surface area contributed by atoms with Gasteiger partial charge in [0.05, 0.1) is 0 Å². The topological polar surface area (TPSA) is 88.7 Å². The van der Waals surface area contributed by atoms with E-state index < -0.39 is 12.1 Å². The van der Waals surface area contributed by atoms with Gasteiger partial charge in [-0.25, -0.2) is 5.43 Å². The highest BCUT2D eigenvalue weighted by atomic mass is 16.2. The van der Waals surface area contributed by atoms with Crippen LogP contribution in [-0.2, 0) is 16.1 Å².